The lowest BCUT2D eigenvalue weighted by Crippen LogP contribution is -2.08. The standard InChI is InChI=1S/C11H15N5O/c1-6-3-7(10(12)14-4-6)9(17)8-5-15-16(2)11(8)13/h3-5,9,17H,13H2,1-2H3,(H2,12,14). The Kier molecular flexibility index (Phi) is 2.72. The smallest absolute Gasteiger partial charge is 0.129 e. The Balaban J connectivity index is 2.47. The van der Waals surface area contributed by atoms with E-state index in [0.717, 1.165) is 5.56 Å². The Hall–Kier alpha value is -2.08. The average Bonchev–Trinajstić information content (AvgIpc) is 2.62. The second-order valence-corrected chi connectivity index (χ2v) is 4.00. The van der Waals surface area contributed by atoms with Crippen molar-refractivity contribution in [3.63, 3.8) is 0 Å². The molecule has 0 fully saturated rings. The number of hydrogen-bond donors (Lipinski definition) is 3. The van der Waals surface area contributed by atoms with Gasteiger partial charge in [-0.1, -0.05) is 0 Å². The zero-order valence-electron chi connectivity index (χ0n) is 9.75. The van der Waals surface area contributed by atoms with Crippen molar-refractivity contribution in [2.75, 3.05) is 11.5 Å². The van der Waals surface area contributed by atoms with Gasteiger partial charge in [-0.15, -0.1) is 0 Å². The first-order valence-corrected chi connectivity index (χ1v) is 5.18. The Bertz CT molecular complexity index is 549. The lowest BCUT2D eigenvalue weighted by atomic mass is 10.0. The van der Waals surface area contributed by atoms with Crippen LogP contribution in [0.15, 0.2) is 18.5 Å². The number of nitrogens with zero attached hydrogens (tertiary/aromatic N) is 3. The summed E-state index contributed by atoms with van der Waals surface area (Å²) < 4.78 is 1.50. The lowest BCUT2D eigenvalue weighted by molar-refractivity contribution is 0.221. The zero-order chi connectivity index (χ0) is 12.6. The molecule has 0 aromatic carbocycles. The molecule has 2 heterocycles. The van der Waals surface area contributed by atoms with Crippen molar-refractivity contribution in [1.29, 1.82) is 0 Å². The number of nitrogens with two attached hydrogens (primary N) is 2. The second-order valence-electron chi connectivity index (χ2n) is 4.00. The second kappa shape index (κ2) is 4.06. The van der Waals surface area contributed by atoms with Gasteiger partial charge in [-0.05, 0) is 18.6 Å². The minimum atomic E-state index is -0.906. The molecule has 0 amide bonds. The molecule has 17 heavy (non-hydrogen) atoms. The SMILES string of the molecule is Cc1cnc(N)c(C(O)c2cnn(C)c2N)c1. The monoisotopic (exact) mass is 233 g/mol. The summed E-state index contributed by atoms with van der Waals surface area (Å²) in [5, 5.41) is 14.2. The van der Waals surface area contributed by atoms with Crippen LogP contribution in [0.4, 0.5) is 11.6 Å². The van der Waals surface area contributed by atoms with Gasteiger partial charge in [-0.2, -0.15) is 5.10 Å². The maximum absolute atomic E-state index is 10.2. The van der Waals surface area contributed by atoms with Crippen molar-refractivity contribution in [3.05, 3.63) is 35.2 Å². The van der Waals surface area contributed by atoms with Gasteiger partial charge in [0.15, 0.2) is 0 Å². The highest BCUT2D eigenvalue weighted by Gasteiger charge is 2.19. The van der Waals surface area contributed by atoms with E-state index in [9.17, 15) is 5.11 Å². The fourth-order valence-corrected chi connectivity index (χ4v) is 1.66. The number of aliphatic hydroxyl groups excluding tert-OH is 1. The molecule has 0 bridgehead atoms. The topological polar surface area (TPSA) is 103 Å². The molecule has 90 valence electrons. The zero-order valence-corrected chi connectivity index (χ0v) is 9.75. The number of hydrogen-bond acceptors (Lipinski definition) is 5. The molecule has 6 heteroatoms. The first kappa shape index (κ1) is 11.4. The third kappa shape index (κ3) is 1.94. The molecule has 1 unspecified atom stereocenters. The number of anilines is 2. The summed E-state index contributed by atoms with van der Waals surface area (Å²) in [7, 11) is 1.71. The third-order valence-electron chi connectivity index (χ3n) is 2.69. The summed E-state index contributed by atoms with van der Waals surface area (Å²) in [6.45, 7) is 1.88. The number of aryl methyl sites for hydroxylation is 2. The molecule has 2 aromatic heterocycles. The highest BCUT2D eigenvalue weighted by atomic mass is 16.3. The predicted molar refractivity (Wildman–Crippen MR) is 65.1 cm³/mol. The quantitative estimate of drug-likeness (QED) is 0.695. The fraction of sp³-hybridized carbons (Fsp3) is 0.273. The molecule has 0 spiro atoms. The van der Waals surface area contributed by atoms with Crippen LogP contribution >= 0.6 is 0 Å². The molecule has 0 saturated heterocycles. The van der Waals surface area contributed by atoms with Crippen molar-refractivity contribution in [3.8, 4) is 0 Å². The van der Waals surface area contributed by atoms with Crippen LogP contribution in [0.25, 0.3) is 0 Å². The summed E-state index contributed by atoms with van der Waals surface area (Å²) in [6, 6.07) is 1.79. The minimum Gasteiger partial charge on any atom is -0.384 e. The highest BCUT2D eigenvalue weighted by Crippen LogP contribution is 2.29. The average molecular weight is 233 g/mol. The summed E-state index contributed by atoms with van der Waals surface area (Å²) in [5.41, 5.74) is 13.6. The Morgan fingerprint density at radius 1 is 1.29 bits per heavy atom. The maximum Gasteiger partial charge on any atom is 0.129 e. The summed E-state index contributed by atoms with van der Waals surface area (Å²) >= 11 is 0. The van der Waals surface area contributed by atoms with Crippen LogP contribution in [0, 0.1) is 6.92 Å². The van der Waals surface area contributed by atoms with E-state index in [-0.39, 0.29) is 0 Å². The highest BCUT2D eigenvalue weighted by molar-refractivity contribution is 5.50. The fourth-order valence-electron chi connectivity index (χ4n) is 1.66. The first-order chi connectivity index (χ1) is 8.00. The van der Waals surface area contributed by atoms with Gasteiger partial charge in [0.2, 0.25) is 0 Å². The minimum absolute atomic E-state index is 0.298. The van der Waals surface area contributed by atoms with Crippen molar-refractivity contribution in [2.45, 2.75) is 13.0 Å². The van der Waals surface area contributed by atoms with E-state index in [2.05, 4.69) is 10.1 Å². The maximum atomic E-state index is 10.2. The molecule has 2 aromatic rings. The van der Waals surface area contributed by atoms with Crippen LogP contribution in [-0.2, 0) is 7.05 Å². The van der Waals surface area contributed by atoms with Crippen LogP contribution in [0.1, 0.15) is 22.8 Å². The van der Waals surface area contributed by atoms with E-state index in [1.54, 1.807) is 19.3 Å². The Morgan fingerprint density at radius 3 is 2.59 bits per heavy atom. The van der Waals surface area contributed by atoms with Crippen LogP contribution in [0.5, 0.6) is 0 Å². The van der Waals surface area contributed by atoms with Crippen LogP contribution < -0.4 is 11.5 Å². The van der Waals surface area contributed by atoms with Gasteiger partial charge in [-0.25, -0.2) is 4.98 Å². The van der Waals surface area contributed by atoms with Gasteiger partial charge in [0, 0.05) is 24.4 Å². The van der Waals surface area contributed by atoms with E-state index in [1.165, 1.54) is 10.9 Å². The van der Waals surface area contributed by atoms with Gasteiger partial charge < -0.3 is 16.6 Å². The van der Waals surface area contributed by atoms with E-state index in [1.807, 2.05) is 6.92 Å². The molecular weight excluding hydrogens is 218 g/mol. The number of rotatable bonds is 2. The molecule has 0 radical (unpaired) electrons. The molecule has 1 atom stereocenters. The summed E-state index contributed by atoms with van der Waals surface area (Å²) in [6.07, 6.45) is 2.27. The number of nitrogen functional groups attached to an aromatic ring is 2. The summed E-state index contributed by atoms with van der Waals surface area (Å²) in [4.78, 5) is 4.01. The van der Waals surface area contributed by atoms with Gasteiger partial charge in [0.1, 0.15) is 17.7 Å². The third-order valence-corrected chi connectivity index (χ3v) is 2.69. The largest absolute Gasteiger partial charge is 0.384 e. The Morgan fingerprint density at radius 2 is 2.00 bits per heavy atom. The van der Waals surface area contributed by atoms with Gasteiger partial charge in [0.25, 0.3) is 0 Å². The van der Waals surface area contributed by atoms with Gasteiger partial charge in [-0.3, -0.25) is 4.68 Å². The first-order valence-electron chi connectivity index (χ1n) is 5.18. The molecule has 0 saturated carbocycles. The van der Waals surface area contributed by atoms with Gasteiger partial charge >= 0.3 is 0 Å². The van der Waals surface area contributed by atoms with Crippen LogP contribution in [-0.4, -0.2) is 19.9 Å². The van der Waals surface area contributed by atoms with Crippen molar-refractivity contribution < 1.29 is 5.11 Å². The van der Waals surface area contributed by atoms with Crippen molar-refractivity contribution in [2.24, 2.45) is 7.05 Å². The van der Waals surface area contributed by atoms with Crippen molar-refractivity contribution >= 4 is 11.6 Å². The number of aromatic nitrogens is 3. The Labute approximate surface area is 98.9 Å². The molecule has 5 N–H and O–H groups in total. The van der Waals surface area contributed by atoms with E-state index in [0.29, 0.717) is 22.8 Å². The normalized spacial score (nSPS) is 12.6. The molecule has 2 rings (SSSR count). The molecule has 6 nitrogen and oxygen atoms in total. The van der Waals surface area contributed by atoms with E-state index >= 15 is 0 Å². The van der Waals surface area contributed by atoms with Gasteiger partial charge in [0.05, 0.1) is 6.20 Å². The number of aliphatic hydroxyl groups is 1. The molecular formula is C11H15N5O. The summed E-state index contributed by atoms with van der Waals surface area (Å²) in [5.74, 6) is 0.713. The van der Waals surface area contributed by atoms with E-state index < -0.39 is 6.10 Å². The lowest BCUT2D eigenvalue weighted by Gasteiger charge is -2.12. The molecule has 0 aliphatic heterocycles. The predicted octanol–water partition coefficient (Wildman–Crippen LogP) is 0.370. The van der Waals surface area contributed by atoms with Crippen LogP contribution in [0.3, 0.4) is 0 Å². The van der Waals surface area contributed by atoms with E-state index in [4.69, 9.17) is 11.5 Å². The number of pyridine rings is 1. The van der Waals surface area contributed by atoms with Crippen LogP contribution in [0.2, 0.25) is 0 Å². The van der Waals surface area contributed by atoms with Crippen molar-refractivity contribution in [1.82, 2.24) is 14.8 Å². The molecule has 0 aliphatic carbocycles. The molecule has 0 aliphatic rings.